The second-order valence-corrected chi connectivity index (χ2v) is 5.85. The second kappa shape index (κ2) is 10.2. The van der Waals surface area contributed by atoms with Gasteiger partial charge in [-0.25, -0.2) is 0 Å². The van der Waals surface area contributed by atoms with Crippen LogP contribution >= 0.6 is 0 Å². The fourth-order valence-electron chi connectivity index (χ4n) is 2.65. The van der Waals surface area contributed by atoms with Crippen LogP contribution in [0, 0.1) is 6.92 Å². The number of hydrogen-bond donors (Lipinski definition) is 2. The average molecular weight is 334 g/mol. The Labute approximate surface area is 145 Å². The van der Waals surface area contributed by atoms with Gasteiger partial charge in [0.25, 0.3) is 0 Å². The lowest BCUT2D eigenvalue weighted by atomic mass is 10.1. The van der Waals surface area contributed by atoms with Crippen molar-refractivity contribution >= 4 is 5.96 Å². The van der Waals surface area contributed by atoms with Gasteiger partial charge in [0, 0.05) is 45.3 Å². The van der Waals surface area contributed by atoms with Gasteiger partial charge in [-0.2, -0.15) is 0 Å². The van der Waals surface area contributed by atoms with E-state index in [-0.39, 0.29) is 0 Å². The van der Waals surface area contributed by atoms with E-state index in [1.54, 1.807) is 7.05 Å². The molecule has 1 saturated heterocycles. The molecule has 0 aliphatic carbocycles. The molecule has 1 aliphatic heterocycles. The molecular formula is C18H30N4O2. The summed E-state index contributed by atoms with van der Waals surface area (Å²) in [6, 6.07) is 6.29. The average Bonchev–Trinajstić information content (AvgIpc) is 2.60. The normalized spacial score (nSPS) is 16.0. The Morgan fingerprint density at radius 2 is 2.08 bits per heavy atom. The van der Waals surface area contributed by atoms with Crippen molar-refractivity contribution in [1.29, 1.82) is 0 Å². The summed E-state index contributed by atoms with van der Waals surface area (Å²) < 4.78 is 11.1. The van der Waals surface area contributed by atoms with Gasteiger partial charge in [-0.3, -0.25) is 9.89 Å². The molecule has 134 valence electrons. The summed E-state index contributed by atoms with van der Waals surface area (Å²) in [6.45, 7) is 11.0. The molecule has 0 amide bonds. The molecule has 0 bridgehead atoms. The fraction of sp³-hybridized carbons (Fsp3) is 0.611. The largest absolute Gasteiger partial charge is 0.494 e. The zero-order valence-electron chi connectivity index (χ0n) is 15.1. The lowest BCUT2D eigenvalue weighted by Crippen LogP contribution is -2.44. The van der Waals surface area contributed by atoms with Gasteiger partial charge in [-0.1, -0.05) is 12.1 Å². The molecule has 1 heterocycles. The zero-order valence-corrected chi connectivity index (χ0v) is 15.1. The van der Waals surface area contributed by atoms with Gasteiger partial charge in [0.2, 0.25) is 0 Å². The zero-order chi connectivity index (χ0) is 17.2. The van der Waals surface area contributed by atoms with Crippen LogP contribution in [-0.4, -0.2) is 63.9 Å². The Balaban J connectivity index is 1.78. The van der Waals surface area contributed by atoms with E-state index >= 15 is 0 Å². The van der Waals surface area contributed by atoms with Crippen molar-refractivity contribution in [2.45, 2.75) is 20.4 Å². The summed E-state index contributed by atoms with van der Waals surface area (Å²) in [5.41, 5.74) is 2.34. The van der Waals surface area contributed by atoms with Crippen LogP contribution in [0.3, 0.4) is 0 Å². The number of rotatable bonds is 7. The number of nitrogens with zero attached hydrogens (tertiary/aromatic N) is 2. The fourth-order valence-corrected chi connectivity index (χ4v) is 2.65. The first kappa shape index (κ1) is 18.5. The highest BCUT2D eigenvalue weighted by atomic mass is 16.5. The van der Waals surface area contributed by atoms with Crippen molar-refractivity contribution in [2.75, 3.05) is 53.0 Å². The highest BCUT2D eigenvalue weighted by molar-refractivity contribution is 5.79. The third kappa shape index (κ3) is 6.02. The molecule has 0 saturated carbocycles. The van der Waals surface area contributed by atoms with Crippen LogP contribution in [0.1, 0.15) is 18.1 Å². The van der Waals surface area contributed by atoms with Gasteiger partial charge in [-0.15, -0.1) is 0 Å². The maximum Gasteiger partial charge on any atom is 0.191 e. The molecule has 1 fully saturated rings. The molecule has 2 rings (SSSR count). The number of aliphatic imine (C=N–C) groups is 1. The Morgan fingerprint density at radius 3 is 2.79 bits per heavy atom. The molecule has 2 N–H and O–H groups in total. The van der Waals surface area contributed by atoms with E-state index < -0.39 is 0 Å². The van der Waals surface area contributed by atoms with E-state index in [2.05, 4.69) is 45.6 Å². The Kier molecular flexibility index (Phi) is 7.85. The van der Waals surface area contributed by atoms with Crippen LogP contribution in [-0.2, 0) is 11.3 Å². The number of benzene rings is 1. The van der Waals surface area contributed by atoms with Gasteiger partial charge >= 0.3 is 0 Å². The van der Waals surface area contributed by atoms with Crippen molar-refractivity contribution in [3.63, 3.8) is 0 Å². The minimum absolute atomic E-state index is 0.670. The standard InChI is InChI=1S/C18H30N4O2/c1-4-24-17-13-15(2)5-6-16(17)14-21-18(19-3)20-7-8-22-9-11-23-12-10-22/h5-6,13H,4,7-12,14H2,1-3H3,(H2,19,20,21). The third-order valence-electron chi connectivity index (χ3n) is 4.02. The molecule has 6 nitrogen and oxygen atoms in total. The van der Waals surface area contributed by atoms with Gasteiger partial charge < -0.3 is 20.1 Å². The first-order valence-corrected chi connectivity index (χ1v) is 8.70. The van der Waals surface area contributed by atoms with E-state index in [0.717, 1.165) is 56.7 Å². The van der Waals surface area contributed by atoms with E-state index in [1.807, 2.05) is 6.92 Å². The number of ether oxygens (including phenoxy) is 2. The third-order valence-corrected chi connectivity index (χ3v) is 4.02. The quantitative estimate of drug-likeness (QED) is 0.583. The van der Waals surface area contributed by atoms with E-state index in [0.29, 0.717) is 13.2 Å². The topological polar surface area (TPSA) is 58.1 Å². The number of guanidine groups is 1. The summed E-state index contributed by atoms with van der Waals surface area (Å²) in [4.78, 5) is 6.69. The Morgan fingerprint density at radius 1 is 1.29 bits per heavy atom. The Bertz CT molecular complexity index is 528. The first-order chi connectivity index (χ1) is 11.7. The maximum absolute atomic E-state index is 5.73. The van der Waals surface area contributed by atoms with Crippen LogP contribution in [0.15, 0.2) is 23.2 Å². The predicted molar refractivity (Wildman–Crippen MR) is 97.8 cm³/mol. The molecule has 24 heavy (non-hydrogen) atoms. The molecule has 6 heteroatoms. The molecule has 0 atom stereocenters. The van der Waals surface area contributed by atoms with Gasteiger partial charge in [0.15, 0.2) is 5.96 Å². The van der Waals surface area contributed by atoms with Crippen LogP contribution < -0.4 is 15.4 Å². The lowest BCUT2D eigenvalue weighted by molar-refractivity contribution is 0.0389. The summed E-state index contributed by atoms with van der Waals surface area (Å²) >= 11 is 0. The molecule has 1 aliphatic rings. The highest BCUT2D eigenvalue weighted by Crippen LogP contribution is 2.20. The van der Waals surface area contributed by atoms with E-state index in [1.165, 1.54) is 5.56 Å². The lowest BCUT2D eigenvalue weighted by Gasteiger charge is -2.26. The van der Waals surface area contributed by atoms with Gasteiger partial charge in [0.05, 0.1) is 19.8 Å². The van der Waals surface area contributed by atoms with Crippen molar-refractivity contribution < 1.29 is 9.47 Å². The van der Waals surface area contributed by atoms with Crippen LogP contribution in [0.2, 0.25) is 0 Å². The number of morpholine rings is 1. The maximum atomic E-state index is 5.73. The number of aryl methyl sites for hydroxylation is 1. The summed E-state index contributed by atoms with van der Waals surface area (Å²) in [6.07, 6.45) is 0. The summed E-state index contributed by atoms with van der Waals surface area (Å²) in [5.74, 6) is 1.75. The smallest absolute Gasteiger partial charge is 0.191 e. The summed E-state index contributed by atoms with van der Waals surface area (Å²) in [5, 5.41) is 6.72. The molecule has 0 radical (unpaired) electrons. The number of nitrogens with one attached hydrogen (secondary N) is 2. The van der Waals surface area contributed by atoms with Crippen molar-refractivity contribution in [3.8, 4) is 5.75 Å². The van der Waals surface area contributed by atoms with Crippen molar-refractivity contribution in [2.24, 2.45) is 4.99 Å². The predicted octanol–water partition coefficient (Wildman–Crippen LogP) is 1.39. The highest BCUT2D eigenvalue weighted by Gasteiger charge is 2.10. The van der Waals surface area contributed by atoms with Crippen molar-refractivity contribution in [3.05, 3.63) is 29.3 Å². The molecule has 0 unspecified atom stereocenters. The SMILES string of the molecule is CCOc1cc(C)ccc1CNC(=NC)NCCN1CCOCC1. The van der Waals surface area contributed by atoms with Gasteiger partial charge in [0.1, 0.15) is 5.75 Å². The minimum atomic E-state index is 0.670. The van der Waals surface area contributed by atoms with Crippen LogP contribution in [0.4, 0.5) is 0 Å². The van der Waals surface area contributed by atoms with Gasteiger partial charge in [-0.05, 0) is 25.5 Å². The molecule has 1 aromatic carbocycles. The van der Waals surface area contributed by atoms with Crippen LogP contribution in [0.5, 0.6) is 5.75 Å². The minimum Gasteiger partial charge on any atom is -0.494 e. The summed E-state index contributed by atoms with van der Waals surface area (Å²) in [7, 11) is 1.79. The molecular weight excluding hydrogens is 304 g/mol. The monoisotopic (exact) mass is 334 g/mol. The molecule has 0 spiro atoms. The van der Waals surface area contributed by atoms with Crippen LogP contribution in [0.25, 0.3) is 0 Å². The first-order valence-electron chi connectivity index (χ1n) is 8.70. The molecule has 1 aromatic rings. The second-order valence-electron chi connectivity index (χ2n) is 5.85. The van der Waals surface area contributed by atoms with E-state index in [9.17, 15) is 0 Å². The van der Waals surface area contributed by atoms with Crippen molar-refractivity contribution in [1.82, 2.24) is 15.5 Å². The van der Waals surface area contributed by atoms with E-state index in [4.69, 9.17) is 9.47 Å². The molecule has 0 aromatic heterocycles. The Hall–Kier alpha value is -1.79. The number of hydrogen-bond acceptors (Lipinski definition) is 4.